The summed E-state index contributed by atoms with van der Waals surface area (Å²) in [5.74, 6) is -1.43. The summed E-state index contributed by atoms with van der Waals surface area (Å²) in [6.45, 7) is 1.81. The summed E-state index contributed by atoms with van der Waals surface area (Å²) in [6.07, 6.45) is 0. The van der Waals surface area contributed by atoms with E-state index in [-0.39, 0.29) is 22.4 Å². The van der Waals surface area contributed by atoms with Crippen molar-refractivity contribution >= 4 is 23.3 Å². The number of carboxylic acids is 1. The number of anilines is 1. The molecule has 0 bridgehead atoms. The summed E-state index contributed by atoms with van der Waals surface area (Å²) in [4.78, 5) is 13.1. The fourth-order valence-corrected chi connectivity index (χ4v) is 2.50. The van der Waals surface area contributed by atoms with Crippen LogP contribution in [0.4, 0.5) is 10.1 Å². The lowest BCUT2D eigenvalue weighted by Gasteiger charge is -2.29. The van der Waals surface area contributed by atoms with Crippen LogP contribution in [-0.2, 0) is 0 Å². The molecular weight excluding hydrogens is 293 g/mol. The van der Waals surface area contributed by atoms with Crippen LogP contribution in [0.1, 0.15) is 28.9 Å². The van der Waals surface area contributed by atoms with Crippen molar-refractivity contribution in [2.75, 3.05) is 11.9 Å². The maximum atomic E-state index is 13.9. The van der Waals surface area contributed by atoms with Gasteiger partial charge in [-0.2, -0.15) is 0 Å². The summed E-state index contributed by atoms with van der Waals surface area (Å²) in [7, 11) is 1.72. The first-order valence-electron chi connectivity index (χ1n) is 6.42. The Balaban J connectivity index is 2.46. The minimum Gasteiger partial charge on any atom is -0.478 e. The van der Waals surface area contributed by atoms with E-state index in [9.17, 15) is 14.3 Å². The van der Waals surface area contributed by atoms with Crippen LogP contribution in [0.25, 0.3) is 0 Å². The van der Waals surface area contributed by atoms with E-state index in [1.165, 1.54) is 12.1 Å². The van der Waals surface area contributed by atoms with E-state index in [1.54, 1.807) is 42.3 Å². The average Bonchev–Trinajstić information content (AvgIpc) is 2.45. The van der Waals surface area contributed by atoms with E-state index in [0.717, 1.165) is 0 Å². The normalized spacial score (nSPS) is 12.0. The molecule has 0 radical (unpaired) electrons. The van der Waals surface area contributed by atoms with Crippen molar-refractivity contribution in [1.82, 2.24) is 0 Å². The van der Waals surface area contributed by atoms with Gasteiger partial charge in [0.05, 0.1) is 16.8 Å². The highest BCUT2D eigenvalue weighted by Crippen LogP contribution is 2.32. The van der Waals surface area contributed by atoms with Gasteiger partial charge in [-0.3, -0.25) is 0 Å². The zero-order valence-corrected chi connectivity index (χ0v) is 12.4. The van der Waals surface area contributed by atoms with Gasteiger partial charge in [0.25, 0.3) is 0 Å². The highest BCUT2D eigenvalue weighted by atomic mass is 35.5. The molecule has 1 N–H and O–H groups in total. The van der Waals surface area contributed by atoms with E-state index in [0.29, 0.717) is 11.3 Å². The van der Waals surface area contributed by atoms with Crippen molar-refractivity contribution in [2.45, 2.75) is 13.0 Å². The first-order chi connectivity index (χ1) is 9.93. The number of benzene rings is 2. The van der Waals surface area contributed by atoms with Crippen LogP contribution >= 0.6 is 11.6 Å². The Morgan fingerprint density at radius 1 is 1.24 bits per heavy atom. The molecule has 0 aromatic heterocycles. The Morgan fingerprint density at radius 2 is 1.90 bits per heavy atom. The molecule has 0 fully saturated rings. The maximum absolute atomic E-state index is 13.9. The second-order valence-electron chi connectivity index (χ2n) is 4.75. The summed E-state index contributed by atoms with van der Waals surface area (Å²) in [6, 6.07) is 11.0. The molecule has 110 valence electrons. The zero-order valence-electron chi connectivity index (χ0n) is 11.7. The van der Waals surface area contributed by atoms with E-state index in [1.807, 2.05) is 6.92 Å². The fraction of sp³-hybridized carbons (Fsp3) is 0.188. The quantitative estimate of drug-likeness (QED) is 0.911. The number of nitrogens with zero attached hydrogens (tertiary/aromatic N) is 1. The molecule has 1 atom stereocenters. The van der Waals surface area contributed by atoms with Gasteiger partial charge in [0.2, 0.25) is 0 Å². The number of aromatic carboxylic acids is 1. The van der Waals surface area contributed by atoms with Crippen molar-refractivity contribution < 1.29 is 14.3 Å². The van der Waals surface area contributed by atoms with Gasteiger partial charge in [0.15, 0.2) is 0 Å². The SMILES string of the molecule is CC(c1ccccc1F)N(C)c1cccc(Cl)c1C(=O)O. The van der Waals surface area contributed by atoms with Crippen LogP contribution in [0.3, 0.4) is 0 Å². The second-order valence-corrected chi connectivity index (χ2v) is 5.15. The van der Waals surface area contributed by atoms with E-state index < -0.39 is 5.97 Å². The molecule has 1 unspecified atom stereocenters. The lowest BCUT2D eigenvalue weighted by atomic mass is 10.0. The fourth-order valence-electron chi connectivity index (χ4n) is 2.25. The Bertz CT molecular complexity index is 675. The van der Waals surface area contributed by atoms with Gasteiger partial charge in [-0.05, 0) is 25.1 Å². The van der Waals surface area contributed by atoms with Crippen LogP contribution in [-0.4, -0.2) is 18.1 Å². The largest absolute Gasteiger partial charge is 0.478 e. The Morgan fingerprint density at radius 3 is 2.52 bits per heavy atom. The van der Waals surface area contributed by atoms with Crippen LogP contribution in [0.15, 0.2) is 42.5 Å². The van der Waals surface area contributed by atoms with Gasteiger partial charge >= 0.3 is 5.97 Å². The summed E-state index contributed by atoms with van der Waals surface area (Å²) < 4.78 is 13.9. The van der Waals surface area contributed by atoms with Gasteiger partial charge < -0.3 is 10.0 Å². The molecule has 0 amide bonds. The first kappa shape index (κ1) is 15.3. The molecule has 21 heavy (non-hydrogen) atoms. The summed E-state index contributed by atoms with van der Waals surface area (Å²) in [5.41, 5.74) is 0.965. The van der Waals surface area contributed by atoms with Gasteiger partial charge in [-0.25, -0.2) is 9.18 Å². The third kappa shape index (κ3) is 3.00. The molecule has 0 saturated heterocycles. The van der Waals surface area contributed by atoms with Crippen LogP contribution in [0, 0.1) is 5.82 Å². The van der Waals surface area contributed by atoms with Crippen LogP contribution < -0.4 is 4.90 Å². The second kappa shape index (κ2) is 6.14. The standard InChI is InChI=1S/C16H15ClFNO2/c1-10(11-6-3-4-8-13(11)18)19(2)14-9-5-7-12(17)15(14)16(20)21/h3-10H,1-2H3,(H,20,21). The molecule has 3 nitrogen and oxygen atoms in total. The summed E-state index contributed by atoms with van der Waals surface area (Å²) in [5, 5.41) is 9.48. The Hall–Kier alpha value is -2.07. The van der Waals surface area contributed by atoms with Crippen LogP contribution in [0.2, 0.25) is 5.02 Å². The van der Waals surface area contributed by atoms with Gasteiger partial charge in [-0.15, -0.1) is 0 Å². The molecule has 0 heterocycles. The number of carbonyl (C=O) groups is 1. The molecule has 5 heteroatoms. The lowest BCUT2D eigenvalue weighted by Crippen LogP contribution is -2.24. The monoisotopic (exact) mass is 307 g/mol. The smallest absolute Gasteiger partial charge is 0.339 e. The number of carboxylic acid groups (broad SMARTS) is 1. The minimum absolute atomic E-state index is 0.0184. The molecule has 0 aliphatic rings. The zero-order chi connectivity index (χ0) is 15.6. The number of hydrogen-bond donors (Lipinski definition) is 1. The van der Waals surface area contributed by atoms with Gasteiger partial charge in [0, 0.05) is 12.6 Å². The molecule has 2 aromatic rings. The molecule has 2 rings (SSSR count). The Labute approximate surface area is 127 Å². The minimum atomic E-state index is -1.11. The van der Waals surface area contributed by atoms with Crippen molar-refractivity contribution in [3.05, 3.63) is 64.4 Å². The molecule has 0 aliphatic heterocycles. The highest BCUT2D eigenvalue weighted by Gasteiger charge is 2.22. The maximum Gasteiger partial charge on any atom is 0.339 e. The Kier molecular flexibility index (Phi) is 4.48. The van der Waals surface area contributed by atoms with Crippen LogP contribution in [0.5, 0.6) is 0 Å². The van der Waals surface area contributed by atoms with E-state index in [2.05, 4.69) is 0 Å². The predicted octanol–water partition coefficient (Wildman–Crippen LogP) is 4.37. The van der Waals surface area contributed by atoms with E-state index in [4.69, 9.17) is 11.6 Å². The third-order valence-corrected chi connectivity index (χ3v) is 3.84. The number of hydrogen-bond acceptors (Lipinski definition) is 2. The molecular formula is C16H15ClFNO2. The lowest BCUT2D eigenvalue weighted by molar-refractivity contribution is 0.0697. The van der Waals surface area contributed by atoms with Crippen molar-refractivity contribution in [2.24, 2.45) is 0 Å². The topological polar surface area (TPSA) is 40.5 Å². The predicted molar refractivity (Wildman–Crippen MR) is 81.6 cm³/mol. The van der Waals surface area contributed by atoms with Gasteiger partial charge in [-0.1, -0.05) is 35.9 Å². The van der Waals surface area contributed by atoms with E-state index >= 15 is 0 Å². The molecule has 2 aromatic carbocycles. The first-order valence-corrected chi connectivity index (χ1v) is 6.80. The summed E-state index contributed by atoms with van der Waals surface area (Å²) >= 11 is 5.97. The number of rotatable bonds is 4. The molecule has 0 spiro atoms. The van der Waals surface area contributed by atoms with Crippen molar-refractivity contribution in [3.8, 4) is 0 Å². The van der Waals surface area contributed by atoms with Gasteiger partial charge in [0.1, 0.15) is 11.4 Å². The van der Waals surface area contributed by atoms with Crippen molar-refractivity contribution in [3.63, 3.8) is 0 Å². The van der Waals surface area contributed by atoms with Crippen molar-refractivity contribution in [1.29, 1.82) is 0 Å². The molecule has 0 saturated carbocycles. The highest BCUT2D eigenvalue weighted by molar-refractivity contribution is 6.34. The molecule has 0 aliphatic carbocycles. The average molecular weight is 308 g/mol. The number of halogens is 2. The third-order valence-electron chi connectivity index (χ3n) is 3.52.